The van der Waals surface area contributed by atoms with Crippen molar-refractivity contribution in [1.29, 1.82) is 0 Å². The van der Waals surface area contributed by atoms with Gasteiger partial charge in [0.05, 0.1) is 0 Å². The fourth-order valence-electron chi connectivity index (χ4n) is 2.96. The van der Waals surface area contributed by atoms with E-state index < -0.39 is 10.0 Å². The number of aromatic nitrogens is 2. The molecule has 0 radical (unpaired) electrons. The highest BCUT2D eigenvalue weighted by atomic mass is 32.2. The van der Waals surface area contributed by atoms with Crippen LogP contribution in [0.4, 0.5) is 5.82 Å². The third kappa shape index (κ3) is 3.97. The molecule has 0 saturated heterocycles. The standard InChI is InChI=1S/C14H26N4O2S/c1-3-8-18-10-13(14(15)17-18)21(19,20)16-9-12-7-5-4-6-11(12)2/h10-12,16H,3-9H2,1-2H3,(H2,15,17). The van der Waals surface area contributed by atoms with Crippen molar-refractivity contribution < 1.29 is 8.42 Å². The van der Waals surface area contributed by atoms with E-state index in [1.807, 2.05) is 6.92 Å². The Balaban J connectivity index is 2.04. The number of aryl methyl sites for hydroxylation is 1. The second-order valence-electron chi connectivity index (χ2n) is 6.02. The Morgan fingerprint density at radius 2 is 2.14 bits per heavy atom. The van der Waals surface area contributed by atoms with Crippen molar-refractivity contribution in [2.75, 3.05) is 12.3 Å². The Kier molecular flexibility index (Phi) is 5.27. The zero-order valence-electron chi connectivity index (χ0n) is 12.9. The van der Waals surface area contributed by atoms with Gasteiger partial charge >= 0.3 is 0 Å². The van der Waals surface area contributed by atoms with Gasteiger partial charge < -0.3 is 5.73 Å². The van der Waals surface area contributed by atoms with Gasteiger partial charge in [-0.05, 0) is 24.7 Å². The molecule has 1 heterocycles. The van der Waals surface area contributed by atoms with E-state index in [-0.39, 0.29) is 10.7 Å². The summed E-state index contributed by atoms with van der Waals surface area (Å²) >= 11 is 0. The lowest BCUT2D eigenvalue weighted by Crippen LogP contribution is -2.33. The Morgan fingerprint density at radius 1 is 1.43 bits per heavy atom. The van der Waals surface area contributed by atoms with E-state index in [0.29, 0.717) is 24.9 Å². The number of hydrogen-bond acceptors (Lipinski definition) is 4. The molecule has 1 aromatic rings. The lowest BCUT2D eigenvalue weighted by Gasteiger charge is -2.28. The van der Waals surface area contributed by atoms with Gasteiger partial charge in [-0.1, -0.05) is 33.1 Å². The van der Waals surface area contributed by atoms with Crippen LogP contribution in [0, 0.1) is 11.8 Å². The number of rotatable bonds is 6. The van der Waals surface area contributed by atoms with Crippen molar-refractivity contribution in [2.24, 2.45) is 11.8 Å². The summed E-state index contributed by atoms with van der Waals surface area (Å²) in [6.07, 6.45) is 7.12. The van der Waals surface area contributed by atoms with Gasteiger partial charge in [-0.2, -0.15) is 5.10 Å². The van der Waals surface area contributed by atoms with Gasteiger partial charge in [0.15, 0.2) is 5.82 Å². The minimum absolute atomic E-state index is 0.0765. The van der Waals surface area contributed by atoms with E-state index in [1.54, 1.807) is 4.68 Å². The first-order valence-corrected chi connectivity index (χ1v) is 9.25. The molecule has 6 nitrogen and oxygen atoms in total. The third-order valence-corrected chi connectivity index (χ3v) is 5.76. The van der Waals surface area contributed by atoms with Crippen LogP contribution in [0.5, 0.6) is 0 Å². The molecule has 1 fully saturated rings. The Bertz CT molecular complexity index is 568. The largest absolute Gasteiger partial charge is 0.381 e. The Hall–Kier alpha value is -1.08. The number of nitrogen functional groups attached to an aromatic ring is 1. The van der Waals surface area contributed by atoms with Crippen molar-refractivity contribution in [3.05, 3.63) is 6.20 Å². The highest BCUT2D eigenvalue weighted by Crippen LogP contribution is 2.29. The molecule has 1 aliphatic rings. The van der Waals surface area contributed by atoms with Crippen molar-refractivity contribution in [1.82, 2.24) is 14.5 Å². The Morgan fingerprint density at radius 3 is 2.81 bits per heavy atom. The molecule has 2 rings (SSSR count). The molecule has 0 aromatic carbocycles. The van der Waals surface area contributed by atoms with Crippen LogP contribution < -0.4 is 10.5 Å². The first-order chi connectivity index (χ1) is 9.94. The molecule has 0 aliphatic heterocycles. The molecule has 7 heteroatoms. The summed E-state index contributed by atoms with van der Waals surface area (Å²) in [5, 5.41) is 4.05. The summed E-state index contributed by atoms with van der Waals surface area (Å²) in [4.78, 5) is 0.0967. The van der Waals surface area contributed by atoms with Crippen LogP contribution in [0.3, 0.4) is 0 Å². The molecular weight excluding hydrogens is 288 g/mol. The summed E-state index contributed by atoms with van der Waals surface area (Å²) < 4.78 is 29.1. The molecule has 1 aromatic heterocycles. The van der Waals surface area contributed by atoms with E-state index in [9.17, 15) is 8.42 Å². The zero-order chi connectivity index (χ0) is 15.5. The minimum atomic E-state index is -3.57. The second kappa shape index (κ2) is 6.79. The van der Waals surface area contributed by atoms with Crippen LogP contribution in [0.15, 0.2) is 11.1 Å². The Labute approximate surface area is 127 Å². The van der Waals surface area contributed by atoms with Gasteiger partial charge in [0.2, 0.25) is 10.0 Å². The smallest absolute Gasteiger partial charge is 0.245 e. The number of sulfonamides is 1. The van der Waals surface area contributed by atoms with E-state index in [4.69, 9.17) is 5.73 Å². The second-order valence-corrected chi connectivity index (χ2v) is 7.75. The highest BCUT2D eigenvalue weighted by Gasteiger charge is 2.26. The third-order valence-electron chi connectivity index (χ3n) is 4.32. The molecule has 120 valence electrons. The monoisotopic (exact) mass is 314 g/mol. The lowest BCUT2D eigenvalue weighted by atomic mass is 9.81. The first-order valence-electron chi connectivity index (χ1n) is 7.76. The van der Waals surface area contributed by atoms with E-state index in [1.165, 1.54) is 25.5 Å². The van der Waals surface area contributed by atoms with Crippen molar-refractivity contribution in [3.8, 4) is 0 Å². The molecular formula is C14H26N4O2S. The quantitative estimate of drug-likeness (QED) is 0.840. The number of nitrogens with one attached hydrogen (secondary N) is 1. The topological polar surface area (TPSA) is 90.0 Å². The number of nitrogens with two attached hydrogens (primary N) is 1. The number of hydrogen-bond donors (Lipinski definition) is 2. The van der Waals surface area contributed by atoms with Gasteiger partial charge in [0.1, 0.15) is 4.90 Å². The minimum Gasteiger partial charge on any atom is -0.381 e. The average molecular weight is 314 g/mol. The fraction of sp³-hybridized carbons (Fsp3) is 0.786. The van der Waals surface area contributed by atoms with Gasteiger partial charge in [-0.15, -0.1) is 0 Å². The highest BCUT2D eigenvalue weighted by molar-refractivity contribution is 7.89. The summed E-state index contributed by atoms with van der Waals surface area (Å²) in [7, 11) is -3.57. The summed E-state index contributed by atoms with van der Waals surface area (Å²) in [6.45, 7) is 5.36. The molecule has 0 spiro atoms. The number of anilines is 1. The van der Waals surface area contributed by atoms with Crippen LogP contribution in [0.2, 0.25) is 0 Å². The summed E-state index contributed by atoms with van der Waals surface area (Å²) in [5.74, 6) is 1.06. The SMILES string of the molecule is CCCn1cc(S(=O)(=O)NCC2CCCCC2C)c(N)n1. The molecule has 1 aliphatic carbocycles. The van der Waals surface area contributed by atoms with Gasteiger partial charge in [-0.3, -0.25) is 4.68 Å². The maximum atomic E-state index is 12.4. The van der Waals surface area contributed by atoms with Crippen LogP contribution in [-0.4, -0.2) is 24.7 Å². The van der Waals surface area contributed by atoms with E-state index in [0.717, 1.165) is 12.8 Å². The van der Waals surface area contributed by atoms with Crippen molar-refractivity contribution in [3.63, 3.8) is 0 Å². The summed E-state index contributed by atoms with van der Waals surface area (Å²) in [6, 6.07) is 0. The molecule has 0 amide bonds. The van der Waals surface area contributed by atoms with E-state index in [2.05, 4.69) is 16.7 Å². The van der Waals surface area contributed by atoms with Gasteiger partial charge in [0.25, 0.3) is 0 Å². The molecule has 2 unspecified atom stereocenters. The maximum absolute atomic E-state index is 12.4. The van der Waals surface area contributed by atoms with Crippen molar-refractivity contribution in [2.45, 2.75) is 57.4 Å². The molecule has 2 atom stereocenters. The van der Waals surface area contributed by atoms with E-state index >= 15 is 0 Å². The predicted octanol–water partition coefficient (Wildman–Crippen LogP) is 1.98. The normalized spacial score (nSPS) is 23.3. The molecule has 1 saturated carbocycles. The molecule has 3 N–H and O–H groups in total. The first kappa shape index (κ1) is 16.3. The van der Waals surface area contributed by atoms with Gasteiger partial charge in [-0.25, -0.2) is 13.1 Å². The molecule has 21 heavy (non-hydrogen) atoms. The average Bonchev–Trinajstić information content (AvgIpc) is 2.80. The van der Waals surface area contributed by atoms with Gasteiger partial charge in [0, 0.05) is 19.3 Å². The maximum Gasteiger partial charge on any atom is 0.245 e. The van der Waals surface area contributed by atoms with Crippen LogP contribution in [0.1, 0.15) is 46.0 Å². The van der Waals surface area contributed by atoms with Crippen LogP contribution in [-0.2, 0) is 16.6 Å². The van der Waals surface area contributed by atoms with Crippen molar-refractivity contribution >= 4 is 15.8 Å². The lowest BCUT2D eigenvalue weighted by molar-refractivity contribution is 0.257. The predicted molar refractivity (Wildman–Crippen MR) is 83.2 cm³/mol. The van der Waals surface area contributed by atoms with Crippen LogP contribution in [0.25, 0.3) is 0 Å². The zero-order valence-corrected chi connectivity index (χ0v) is 13.7. The van der Waals surface area contributed by atoms with Crippen LogP contribution >= 0.6 is 0 Å². The number of nitrogens with zero attached hydrogens (tertiary/aromatic N) is 2. The summed E-state index contributed by atoms with van der Waals surface area (Å²) in [5.41, 5.74) is 5.74. The fourth-order valence-corrected chi connectivity index (χ4v) is 4.13. The molecule has 0 bridgehead atoms.